The van der Waals surface area contributed by atoms with Crippen LogP contribution in [0.25, 0.3) is 22.5 Å². The number of rotatable bonds is 4. The van der Waals surface area contributed by atoms with E-state index in [1.54, 1.807) is 17.0 Å². The lowest BCUT2D eigenvalue weighted by Gasteiger charge is -2.31. The third-order valence-corrected chi connectivity index (χ3v) is 5.48. The molecule has 8 nitrogen and oxygen atoms in total. The van der Waals surface area contributed by atoms with Gasteiger partial charge in [0.2, 0.25) is 11.8 Å². The second-order valence-corrected chi connectivity index (χ2v) is 7.51. The number of imidazole rings is 1. The molecule has 0 saturated carbocycles. The number of carbonyl (C=O) groups excluding carboxylic acids is 1. The summed E-state index contributed by atoms with van der Waals surface area (Å²) in [5.41, 5.74) is 2.63. The van der Waals surface area contributed by atoms with Crippen molar-refractivity contribution in [3.8, 4) is 11.5 Å². The molecule has 1 aliphatic rings. The van der Waals surface area contributed by atoms with Crippen molar-refractivity contribution >= 4 is 16.9 Å². The normalized spacial score (nSPS) is 16.8. The standard InChI is InChI=1S/C22H21N5O3/c28-19(14-27-22(29)30-21(25-27)15-7-2-1-3-8-15)26-12-6-9-16(13-26)20-23-17-10-4-5-11-18(17)24-20/h1-5,7-8,10-11,16H,6,9,12-14H2,(H,23,24). The Labute approximate surface area is 172 Å². The average Bonchev–Trinajstić information content (AvgIpc) is 3.38. The van der Waals surface area contributed by atoms with Crippen LogP contribution in [0.4, 0.5) is 0 Å². The first-order chi connectivity index (χ1) is 14.7. The number of fused-ring (bicyclic) bond motifs is 1. The van der Waals surface area contributed by atoms with Crippen LogP contribution < -0.4 is 5.76 Å². The van der Waals surface area contributed by atoms with E-state index in [9.17, 15) is 9.59 Å². The quantitative estimate of drug-likeness (QED) is 0.565. The summed E-state index contributed by atoms with van der Waals surface area (Å²) in [6, 6.07) is 17.1. The minimum atomic E-state index is -0.631. The summed E-state index contributed by atoms with van der Waals surface area (Å²) in [5, 5.41) is 4.19. The minimum absolute atomic E-state index is 0.137. The van der Waals surface area contributed by atoms with E-state index in [0.29, 0.717) is 18.7 Å². The Hall–Kier alpha value is -3.68. The van der Waals surface area contributed by atoms with Crippen LogP contribution in [0.15, 0.2) is 63.8 Å². The molecule has 0 aliphatic carbocycles. The Kier molecular flexibility index (Phi) is 4.66. The molecule has 30 heavy (non-hydrogen) atoms. The van der Waals surface area contributed by atoms with Gasteiger partial charge in [0.1, 0.15) is 12.4 Å². The maximum Gasteiger partial charge on any atom is 0.437 e. The number of para-hydroxylation sites is 2. The number of aromatic nitrogens is 4. The Morgan fingerprint density at radius 1 is 1.13 bits per heavy atom. The zero-order valence-electron chi connectivity index (χ0n) is 16.3. The molecule has 1 saturated heterocycles. The number of nitrogens with one attached hydrogen (secondary N) is 1. The highest BCUT2D eigenvalue weighted by Crippen LogP contribution is 2.27. The van der Waals surface area contributed by atoms with E-state index in [2.05, 4.69) is 15.1 Å². The first kappa shape index (κ1) is 18.4. The van der Waals surface area contributed by atoms with Gasteiger partial charge in [-0.15, -0.1) is 5.10 Å². The second-order valence-electron chi connectivity index (χ2n) is 7.51. The molecule has 8 heteroatoms. The maximum atomic E-state index is 12.9. The maximum absolute atomic E-state index is 12.9. The van der Waals surface area contributed by atoms with Crippen molar-refractivity contribution < 1.29 is 9.21 Å². The number of nitrogens with zero attached hydrogens (tertiary/aromatic N) is 4. The monoisotopic (exact) mass is 403 g/mol. The van der Waals surface area contributed by atoms with Crippen LogP contribution in [0.2, 0.25) is 0 Å². The van der Waals surface area contributed by atoms with Crippen LogP contribution in [0.1, 0.15) is 24.6 Å². The van der Waals surface area contributed by atoms with E-state index < -0.39 is 5.76 Å². The third-order valence-electron chi connectivity index (χ3n) is 5.48. The molecule has 0 spiro atoms. The molecular formula is C22H21N5O3. The lowest BCUT2D eigenvalue weighted by atomic mass is 9.97. The second kappa shape index (κ2) is 7.62. The van der Waals surface area contributed by atoms with Gasteiger partial charge in [-0.3, -0.25) is 4.79 Å². The first-order valence-electron chi connectivity index (χ1n) is 10.0. The highest BCUT2D eigenvalue weighted by Gasteiger charge is 2.27. The molecule has 2 aromatic heterocycles. The summed E-state index contributed by atoms with van der Waals surface area (Å²) in [7, 11) is 0. The summed E-state index contributed by atoms with van der Waals surface area (Å²) in [5.74, 6) is 0.480. The molecule has 152 valence electrons. The van der Waals surface area contributed by atoms with E-state index in [-0.39, 0.29) is 24.3 Å². The van der Waals surface area contributed by atoms with Crippen molar-refractivity contribution in [2.45, 2.75) is 25.3 Å². The number of benzene rings is 2. The first-order valence-corrected chi connectivity index (χ1v) is 10.0. The average molecular weight is 403 g/mol. The van der Waals surface area contributed by atoms with Gasteiger partial charge in [0.15, 0.2) is 0 Å². The predicted molar refractivity (Wildman–Crippen MR) is 111 cm³/mol. The van der Waals surface area contributed by atoms with Gasteiger partial charge in [-0.05, 0) is 37.1 Å². The summed E-state index contributed by atoms with van der Waals surface area (Å²) in [6.07, 6.45) is 1.85. The number of likely N-dealkylation sites (tertiary alicyclic amines) is 1. The number of hydrogen-bond acceptors (Lipinski definition) is 5. The number of piperidine rings is 1. The topological polar surface area (TPSA) is 97.0 Å². The molecule has 0 radical (unpaired) electrons. The molecule has 0 bridgehead atoms. The van der Waals surface area contributed by atoms with Crippen LogP contribution in [0.5, 0.6) is 0 Å². The molecule has 3 heterocycles. The summed E-state index contributed by atoms with van der Waals surface area (Å²) < 4.78 is 6.32. The lowest BCUT2D eigenvalue weighted by Crippen LogP contribution is -2.42. The Morgan fingerprint density at radius 3 is 2.77 bits per heavy atom. The van der Waals surface area contributed by atoms with Gasteiger partial charge in [-0.1, -0.05) is 30.3 Å². The van der Waals surface area contributed by atoms with Crippen molar-refractivity contribution in [2.24, 2.45) is 0 Å². The van der Waals surface area contributed by atoms with Crippen molar-refractivity contribution in [2.75, 3.05) is 13.1 Å². The zero-order valence-corrected chi connectivity index (χ0v) is 16.3. The SMILES string of the molecule is O=C(Cn1nc(-c2ccccc2)oc1=O)N1CCCC(c2nc3ccccc3[nH]2)C1. The highest BCUT2D eigenvalue weighted by molar-refractivity contribution is 5.76. The molecule has 2 aromatic carbocycles. The van der Waals surface area contributed by atoms with Gasteiger partial charge in [0.25, 0.3) is 0 Å². The summed E-state index contributed by atoms with van der Waals surface area (Å²) >= 11 is 0. The van der Waals surface area contributed by atoms with E-state index in [1.807, 2.05) is 42.5 Å². The van der Waals surface area contributed by atoms with Crippen molar-refractivity contribution in [1.82, 2.24) is 24.6 Å². The minimum Gasteiger partial charge on any atom is -0.388 e. The van der Waals surface area contributed by atoms with E-state index >= 15 is 0 Å². The highest BCUT2D eigenvalue weighted by atomic mass is 16.4. The van der Waals surface area contributed by atoms with E-state index in [0.717, 1.165) is 34.4 Å². The van der Waals surface area contributed by atoms with Gasteiger partial charge < -0.3 is 14.3 Å². The number of hydrogen-bond donors (Lipinski definition) is 1. The lowest BCUT2D eigenvalue weighted by molar-refractivity contribution is -0.133. The molecule has 5 rings (SSSR count). The molecule has 1 atom stereocenters. The number of carbonyl (C=O) groups is 1. The number of aromatic amines is 1. The smallest absolute Gasteiger partial charge is 0.388 e. The molecule has 1 amide bonds. The summed E-state index contributed by atoms with van der Waals surface area (Å²) in [4.78, 5) is 34.9. The van der Waals surface area contributed by atoms with Crippen LogP contribution >= 0.6 is 0 Å². The van der Waals surface area contributed by atoms with Gasteiger partial charge in [-0.25, -0.2) is 9.78 Å². The van der Waals surface area contributed by atoms with Crippen molar-refractivity contribution in [1.29, 1.82) is 0 Å². The molecule has 1 aliphatic heterocycles. The fraction of sp³-hybridized carbons (Fsp3) is 0.273. The molecule has 1 unspecified atom stereocenters. The Bertz CT molecular complexity index is 1210. The molecular weight excluding hydrogens is 382 g/mol. The van der Waals surface area contributed by atoms with Gasteiger partial charge in [0.05, 0.1) is 11.0 Å². The number of amides is 1. The van der Waals surface area contributed by atoms with E-state index in [1.165, 1.54) is 0 Å². The van der Waals surface area contributed by atoms with E-state index in [4.69, 9.17) is 4.42 Å². The van der Waals surface area contributed by atoms with Gasteiger partial charge >= 0.3 is 5.76 Å². The fourth-order valence-corrected chi connectivity index (χ4v) is 3.92. The third kappa shape index (κ3) is 3.52. The fourth-order valence-electron chi connectivity index (χ4n) is 3.92. The molecule has 4 aromatic rings. The van der Waals surface area contributed by atoms with Gasteiger partial charge in [-0.2, -0.15) is 4.68 Å². The Balaban J connectivity index is 1.30. The molecule has 1 fully saturated rings. The van der Waals surface area contributed by atoms with Crippen LogP contribution in [0, 0.1) is 0 Å². The summed E-state index contributed by atoms with van der Waals surface area (Å²) in [6.45, 7) is 1.09. The van der Waals surface area contributed by atoms with Crippen LogP contribution in [-0.4, -0.2) is 43.6 Å². The van der Waals surface area contributed by atoms with Gasteiger partial charge in [0, 0.05) is 24.6 Å². The van der Waals surface area contributed by atoms with Crippen molar-refractivity contribution in [3.05, 3.63) is 71.0 Å². The van der Waals surface area contributed by atoms with Crippen molar-refractivity contribution in [3.63, 3.8) is 0 Å². The van der Waals surface area contributed by atoms with Crippen LogP contribution in [-0.2, 0) is 11.3 Å². The van der Waals surface area contributed by atoms with Crippen LogP contribution in [0.3, 0.4) is 0 Å². The zero-order chi connectivity index (χ0) is 20.5. The largest absolute Gasteiger partial charge is 0.437 e. The predicted octanol–water partition coefficient (Wildman–Crippen LogP) is 2.79. The Morgan fingerprint density at radius 2 is 1.93 bits per heavy atom. The number of H-pyrrole nitrogens is 1. The molecule has 1 N–H and O–H groups in total.